The van der Waals surface area contributed by atoms with Gasteiger partial charge in [0.25, 0.3) is 0 Å². The van der Waals surface area contributed by atoms with E-state index in [1.54, 1.807) is 13.8 Å². The number of unbranched alkanes of at least 4 members (excludes halogenated alkanes) is 11. The Bertz CT molecular complexity index is 335. The van der Waals surface area contributed by atoms with Gasteiger partial charge in [0.2, 0.25) is 0 Å². The molecule has 0 unspecified atom stereocenters. The Kier molecular flexibility index (Phi) is 16.3. The van der Waals surface area contributed by atoms with Gasteiger partial charge in [-0.1, -0.05) is 70.4 Å². The number of nitrogens with zero attached hydrogens (tertiary/aromatic N) is 1. The van der Waals surface area contributed by atoms with E-state index in [0.717, 1.165) is 12.8 Å². The van der Waals surface area contributed by atoms with Crippen LogP contribution in [0, 0.1) is 5.21 Å². The van der Waals surface area contributed by atoms with E-state index in [1.165, 1.54) is 70.6 Å². The molecule has 0 aliphatic rings. The third kappa shape index (κ3) is 13.2. The molecule has 3 nitrogen and oxygen atoms in total. The Morgan fingerprint density at radius 2 is 1.16 bits per heavy atom. The second-order valence-corrected chi connectivity index (χ2v) is 7.25. The van der Waals surface area contributed by atoms with Gasteiger partial charge in [0.05, 0.1) is 19.5 Å². The molecule has 0 saturated heterocycles. The van der Waals surface area contributed by atoms with Crippen molar-refractivity contribution in [2.75, 3.05) is 13.1 Å². The summed E-state index contributed by atoms with van der Waals surface area (Å²) in [6, 6.07) is 0. The molecule has 0 rings (SSSR count). The van der Waals surface area contributed by atoms with Crippen LogP contribution in [0.5, 0.6) is 0 Å². The van der Waals surface area contributed by atoms with Crippen LogP contribution in [0.15, 0.2) is 12.2 Å². The van der Waals surface area contributed by atoms with Gasteiger partial charge in [-0.25, -0.2) is 4.79 Å². The smallest absolute Gasteiger partial charge is 0.313 e. The van der Waals surface area contributed by atoms with Crippen molar-refractivity contribution in [3.63, 3.8) is 0 Å². The monoisotopic (exact) mass is 353 g/mol. The molecule has 0 radical (unpaired) electrons. The minimum absolute atomic E-state index is 0.136. The SMILES string of the molecule is CCCCCCCCC=CCCCCCCCC(=O)[N+]([O-])(CC)CC. The number of carbonyl (C=O) groups is 1. The summed E-state index contributed by atoms with van der Waals surface area (Å²) >= 11 is 0. The Morgan fingerprint density at radius 3 is 1.64 bits per heavy atom. The third-order valence-corrected chi connectivity index (χ3v) is 5.13. The topological polar surface area (TPSA) is 40.1 Å². The molecule has 3 heteroatoms. The van der Waals surface area contributed by atoms with Crippen LogP contribution in [-0.2, 0) is 4.79 Å². The first kappa shape index (κ1) is 24.3. The Labute approximate surface area is 157 Å². The standard InChI is InChI=1S/C22H43NO2/c1-4-7-8-9-10-11-12-13-14-15-16-17-18-19-20-21-22(24)23(25,5-2)6-3/h13-14H,4-12,15-21H2,1-3H3. The van der Waals surface area contributed by atoms with E-state index < -0.39 is 4.65 Å². The van der Waals surface area contributed by atoms with Gasteiger partial charge in [-0.05, 0) is 46.0 Å². The molecule has 1 amide bonds. The molecule has 0 aromatic carbocycles. The molecule has 0 saturated carbocycles. The number of hydroxylamine groups is 3. The summed E-state index contributed by atoms with van der Waals surface area (Å²) in [5.74, 6) is -0.136. The van der Waals surface area contributed by atoms with Crippen molar-refractivity contribution in [2.45, 2.75) is 111 Å². The molecule has 0 aliphatic heterocycles. The largest absolute Gasteiger partial charge is 0.625 e. The average Bonchev–Trinajstić information content (AvgIpc) is 2.63. The summed E-state index contributed by atoms with van der Waals surface area (Å²) in [5, 5.41) is 12.1. The predicted molar refractivity (Wildman–Crippen MR) is 109 cm³/mol. The number of allylic oxidation sites excluding steroid dienone is 2. The lowest BCUT2D eigenvalue weighted by molar-refractivity contribution is -0.800. The van der Waals surface area contributed by atoms with Gasteiger partial charge in [-0.3, -0.25) is 4.65 Å². The number of carbonyl (C=O) groups excluding carboxylic acids is 1. The predicted octanol–water partition coefficient (Wildman–Crippen LogP) is 6.90. The Balaban J connectivity index is 3.39. The first-order chi connectivity index (χ1) is 12.1. The molecule has 0 atom stereocenters. The summed E-state index contributed by atoms with van der Waals surface area (Å²) in [6.45, 7) is 6.58. The van der Waals surface area contributed by atoms with Gasteiger partial charge >= 0.3 is 5.91 Å². The molecular weight excluding hydrogens is 310 g/mol. The van der Waals surface area contributed by atoms with Crippen LogP contribution in [0.1, 0.15) is 111 Å². The van der Waals surface area contributed by atoms with Crippen LogP contribution in [-0.4, -0.2) is 23.6 Å². The number of quaternary nitrogens is 1. The fourth-order valence-electron chi connectivity index (χ4n) is 3.13. The van der Waals surface area contributed by atoms with Gasteiger partial charge in [0.15, 0.2) is 0 Å². The van der Waals surface area contributed by atoms with Crippen LogP contribution >= 0.6 is 0 Å². The molecule has 148 valence electrons. The number of amides is 1. The third-order valence-electron chi connectivity index (χ3n) is 5.13. The molecule has 0 bridgehead atoms. The molecule has 25 heavy (non-hydrogen) atoms. The fourth-order valence-corrected chi connectivity index (χ4v) is 3.13. The molecule has 0 aliphatic carbocycles. The lowest BCUT2D eigenvalue weighted by Crippen LogP contribution is -2.47. The fraction of sp³-hybridized carbons (Fsp3) is 0.864. The van der Waals surface area contributed by atoms with E-state index in [-0.39, 0.29) is 5.91 Å². The molecular formula is C22H43NO2. The molecule has 0 aromatic heterocycles. The van der Waals surface area contributed by atoms with E-state index in [4.69, 9.17) is 0 Å². The number of hydrogen-bond acceptors (Lipinski definition) is 2. The molecule has 0 N–H and O–H groups in total. The van der Waals surface area contributed by atoms with E-state index in [2.05, 4.69) is 19.1 Å². The summed E-state index contributed by atoms with van der Waals surface area (Å²) in [5.41, 5.74) is 0. The lowest BCUT2D eigenvalue weighted by Gasteiger charge is -2.37. The maximum Gasteiger partial charge on any atom is 0.313 e. The van der Waals surface area contributed by atoms with Crippen molar-refractivity contribution in [1.82, 2.24) is 0 Å². The van der Waals surface area contributed by atoms with Crippen molar-refractivity contribution in [3.8, 4) is 0 Å². The summed E-state index contributed by atoms with van der Waals surface area (Å²) in [4.78, 5) is 11.9. The first-order valence-corrected chi connectivity index (χ1v) is 10.9. The maximum atomic E-state index is 12.1. The van der Waals surface area contributed by atoms with E-state index in [0.29, 0.717) is 19.5 Å². The van der Waals surface area contributed by atoms with Gasteiger partial charge in [-0.2, -0.15) is 0 Å². The van der Waals surface area contributed by atoms with Gasteiger partial charge in [0, 0.05) is 0 Å². The van der Waals surface area contributed by atoms with Gasteiger partial charge in [0.1, 0.15) is 0 Å². The van der Waals surface area contributed by atoms with Crippen LogP contribution in [0.3, 0.4) is 0 Å². The highest BCUT2D eigenvalue weighted by atomic mass is 16.6. The number of hydrogen-bond donors (Lipinski definition) is 0. The summed E-state index contributed by atoms with van der Waals surface area (Å²) in [7, 11) is 0. The second kappa shape index (κ2) is 16.8. The van der Waals surface area contributed by atoms with Crippen molar-refractivity contribution in [3.05, 3.63) is 17.4 Å². The first-order valence-electron chi connectivity index (χ1n) is 10.9. The zero-order valence-corrected chi connectivity index (χ0v) is 17.2. The van der Waals surface area contributed by atoms with Crippen molar-refractivity contribution in [1.29, 1.82) is 0 Å². The zero-order chi connectivity index (χ0) is 18.8. The normalized spacial score (nSPS) is 12.2. The van der Waals surface area contributed by atoms with Crippen molar-refractivity contribution in [2.24, 2.45) is 0 Å². The summed E-state index contributed by atoms with van der Waals surface area (Å²) < 4.78 is -0.649. The quantitative estimate of drug-likeness (QED) is 0.123. The minimum Gasteiger partial charge on any atom is -0.625 e. The molecule has 0 fully saturated rings. The van der Waals surface area contributed by atoms with Crippen molar-refractivity contribution >= 4 is 5.91 Å². The van der Waals surface area contributed by atoms with Gasteiger partial charge in [-0.15, -0.1) is 0 Å². The second-order valence-electron chi connectivity index (χ2n) is 7.25. The maximum absolute atomic E-state index is 12.1. The Hall–Kier alpha value is -0.670. The van der Waals surface area contributed by atoms with Crippen molar-refractivity contribution < 1.29 is 9.44 Å². The highest BCUT2D eigenvalue weighted by Crippen LogP contribution is 2.13. The molecule has 0 heterocycles. The van der Waals surface area contributed by atoms with Crippen LogP contribution in [0.4, 0.5) is 0 Å². The lowest BCUT2D eigenvalue weighted by atomic mass is 10.1. The van der Waals surface area contributed by atoms with Crippen LogP contribution < -0.4 is 0 Å². The molecule has 0 aromatic rings. The average molecular weight is 354 g/mol. The summed E-state index contributed by atoms with van der Waals surface area (Å²) in [6.07, 6.45) is 21.4. The highest BCUT2D eigenvalue weighted by Gasteiger charge is 2.22. The van der Waals surface area contributed by atoms with E-state index in [1.807, 2.05) is 0 Å². The van der Waals surface area contributed by atoms with Crippen LogP contribution in [0.2, 0.25) is 0 Å². The zero-order valence-electron chi connectivity index (χ0n) is 17.2. The van der Waals surface area contributed by atoms with E-state index >= 15 is 0 Å². The van der Waals surface area contributed by atoms with E-state index in [9.17, 15) is 10.0 Å². The Morgan fingerprint density at radius 1 is 0.720 bits per heavy atom. The van der Waals surface area contributed by atoms with Gasteiger partial charge < -0.3 is 5.21 Å². The number of rotatable bonds is 17. The minimum atomic E-state index is -0.649. The van der Waals surface area contributed by atoms with Crippen LogP contribution in [0.25, 0.3) is 0 Å². The molecule has 0 spiro atoms. The highest BCUT2D eigenvalue weighted by molar-refractivity contribution is 5.69.